The Morgan fingerprint density at radius 3 is 3.15 bits per heavy atom. The van der Waals surface area contributed by atoms with Gasteiger partial charge in [-0.15, -0.1) is 11.8 Å². The molecule has 70 valence electrons. The molecule has 0 saturated carbocycles. The van der Waals surface area contributed by atoms with Crippen molar-refractivity contribution in [3.63, 3.8) is 0 Å². The van der Waals surface area contributed by atoms with E-state index in [4.69, 9.17) is 4.74 Å². The first-order chi connectivity index (χ1) is 6.16. The van der Waals surface area contributed by atoms with Gasteiger partial charge in [0, 0.05) is 13.1 Å². The number of hydrogen-bond acceptors (Lipinski definition) is 4. The summed E-state index contributed by atoms with van der Waals surface area (Å²) >= 11 is 1.63. The van der Waals surface area contributed by atoms with Gasteiger partial charge < -0.3 is 9.64 Å². The van der Waals surface area contributed by atoms with Crippen LogP contribution in [0.2, 0.25) is 0 Å². The summed E-state index contributed by atoms with van der Waals surface area (Å²) in [7, 11) is 0. The number of carbonyl (C=O) groups excluding carboxylic acids is 2. The van der Waals surface area contributed by atoms with Crippen LogP contribution in [0.4, 0.5) is 0 Å². The standard InChI is InChI=1S/C8H9NO3S/c1-5(10)12-6-3-9-7(11)2-8(9)13-4-6/h3,8H,2,4H2,1H3/t8-/m0/s1. The van der Waals surface area contributed by atoms with Crippen molar-refractivity contribution >= 4 is 23.6 Å². The summed E-state index contributed by atoms with van der Waals surface area (Å²) in [5.74, 6) is 1.01. The molecule has 0 N–H and O–H groups in total. The molecule has 0 unspecified atom stereocenters. The molecule has 5 heteroatoms. The zero-order valence-corrected chi connectivity index (χ0v) is 7.97. The van der Waals surface area contributed by atoms with E-state index < -0.39 is 0 Å². The number of hydrogen-bond donors (Lipinski definition) is 0. The topological polar surface area (TPSA) is 46.6 Å². The summed E-state index contributed by atoms with van der Waals surface area (Å²) in [5.41, 5.74) is 0. The van der Waals surface area contributed by atoms with Gasteiger partial charge in [-0.2, -0.15) is 0 Å². The van der Waals surface area contributed by atoms with Crippen LogP contribution in [0.1, 0.15) is 13.3 Å². The summed E-state index contributed by atoms with van der Waals surface area (Å²) in [6, 6.07) is 0. The Kier molecular flexibility index (Phi) is 2.03. The van der Waals surface area contributed by atoms with Gasteiger partial charge in [0.05, 0.1) is 17.5 Å². The number of rotatable bonds is 1. The highest BCUT2D eigenvalue weighted by molar-refractivity contribution is 8.00. The van der Waals surface area contributed by atoms with E-state index in [2.05, 4.69) is 0 Å². The second kappa shape index (κ2) is 3.06. The lowest BCUT2D eigenvalue weighted by atomic mass is 10.2. The van der Waals surface area contributed by atoms with Gasteiger partial charge >= 0.3 is 5.97 Å². The zero-order chi connectivity index (χ0) is 9.42. The van der Waals surface area contributed by atoms with E-state index >= 15 is 0 Å². The number of thioether (sulfide) groups is 1. The van der Waals surface area contributed by atoms with Crippen molar-refractivity contribution in [2.75, 3.05) is 5.75 Å². The molecule has 2 heterocycles. The molecule has 1 amide bonds. The van der Waals surface area contributed by atoms with Crippen molar-refractivity contribution in [2.24, 2.45) is 0 Å². The third-order valence-electron chi connectivity index (χ3n) is 1.92. The van der Waals surface area contributed by atoms with Crippen LogP contribution in [-0.4, -0.2) is 27.9 Å². The molecule has 0 aromatic carbocycles. The van der Waals surface area contributed by atoms with Gasteiger partial charge in [-0.1, -0.05) is 0 Å². The molecule has 1 atom stereocenters. The van der Waals surface area contributed by atoms with Crippen LogP contribution in [0, 0.1) is 0 Å². The highest BCUT2D eigenvalue weighted by Crippen LogP contribution is 2.35. The average molecular weight is 199 g/mol. The monoisotopic (exact) mass is 199 g/mol. The summed E-state index contributed by atoms with van der Waals surface area (Å²) in [6.07, 6.45) is 2.24. The average Bonchev–Trinajstić information content (AvgIpc) is 2.05. The molecule has 1 fully saturated rings. The van der Waals surface area contributed by atoms with E-state index in [-0.39, 0.29) is 17.3 Å². The van der Waals surface area contributed by atoms with E-state index in [9.17, 15) is 9.59 Å². The van der Waals surface area contributed by atoms with E-state index in [1.165, 1.54) is 6.92 Å². The fraction of sp³-hybridized carbons (Fsp3) is 0.500. The van der Waals surface area contributed by atoms with Gasteiger partial charge in [0.1, 0.15) is 5.76 Å². The normalized spacial score (nSPS) is 25.9. The van der Waals surface area contributed by atoms with Gasteiger partial charge in [0.15, 0.2) is 0 Å². The predicted molar refractivity (Wildman–Crippen MR) is 47.6 cm³/mol. The van der Waals surface area contributed by atoms with Crippen LogP contribution in [-0.2, 0) is 14.3 Å². The van der Waals surface area contributed by atoms with Crippen molar-refractivity contribution in [1.82, 2.24) is 4.90 Å². The molecule has 2 aliphatic heterocycles. The third kappa shape index (κ3) is 1.56. The molecule has 4 nitrogen and oxygen atoms in total. The smallest absolute Gasteiger partial charge is 0.307 e. The molecule has 0 bridgehead atoms. The second-order valence-corrected chi connectivity index (χ2v) is 4.13. The minimum atomic E-state index is -0.335. The molecule has 0 aliphatic carbocycles. The Morgan fingerprint density at radius 1 is 1.77 bits per heavy atom. The van der Waals surface area contributed by atoms with Crippen LogP contribution in [0.25, 0.3) is 0 Å². The molecule has 2 aliphatic rings. The number of carbonyl (C=O) groups is 2. The van der Waals surface area contributed by atoms with Gasteiger partial charge in [-0.3, -0.25) is 9.59 Å². The fourth-order valence-corrected chi connectivity index (χ4v) is 2.40. The van der Waals surface area contributed by atoms with E-state index in [0.717, 1.165) is 0 Å². The van der Waals surface area contributed by atoms with Crippen molar-refractivity contribution in [3.05, 3.63) is 12.0 Å². The predicted octanol–water partition coefficient (Wildman–Crippen LogP) is 0.696. The van der Waals surface area contributed by atoms with E-state index in [0.29, 0.717) is 17.9 Å². The van der Waals surface area contributed by atoms with Crippen LogP contribution >= 0.6 is 11.8 Å². The van der Waals surface area contributed by atoms with E-state index in [1.54, 1.807) is 22.9 Å². The SMILES string of the molecule is CC(=O)OC1=CN2C(=O)C[C@@H]2SC1. The van der Waals surface area contributed by atoms with Crippen molar-refractivity contribution < 1.29 is 14.3 Å². The molecule has 13 heavy (non-hydrogen) atoms. The maximum atomic E-state index is 11.0. The van der Waals surface area contributed by atoms with E-state index in [1.807, 2.05) is 0 Å². The Balaban J connectivity index is 2.05. The maximum absolute atomic E-state index is 11.0. The number of β-lactam (4-membered cyclic amide) rings is 1. The fourth-order valence-electron chi connectivity index (χ4n) is 1.31. The molecule has 0 spiro atoms. The van der Waals surface area contributed by atoms with Crippen LogP contribution in [0.3, 0.4) is 0 Å². The van der Waals surface area contributed by atoms with Gasteiger partial charge in [0.2, 0.25) is 5.91 Å². The largest absolute Gasteiger partial charge is 0.429 e. The van der Waals surface area contributed by atoms with Crippen molar-refractivity contribution in [1.29, 1.82) is 0 Å². The van der Waals surface area contributed by atoms with Crippen molar-refractivity contribution in [2.45, 2.75) is 18.7 Å². The van der Waals surface area contributed by atoms with Crippen molar-refractivity contribution in [3.8, 4) is 0 Å². The number of ether oxygens (including phenoxy) is 1. The first-order valence-corrected chi connectivity index (χ1v) is 5.03. The first kappa shape index (κ1) is 8.62. The number of esters is 1. The zero-order valence-electron chi connectivity index (χ0n) is 7.15. The number of amides is 1. The minimum Gasteiger partial charge on any atom is -0.429 e. The Bertz CT molecular complexity index is 300. The molecular formula is C8H9NO3S. The molecule has 0 radical (unpaired) electrons. The Morgan fingerprint density at radius 2 is 2.54 bits per heavy atom. The number of nitrogens with zero attached hydrogens (tertiary/aromatic N) is 1. The summed E-state index contributed by atoms with van der Waals surface area (Å²) in [5, 5.41) is 0.270. The molecule has 0 aromatic heterocycles. The lowest BCUT2D eigenvalue weighted by Crippen LogP contribution is -2.49. The lowest BCUT2D eigenvalue weighted by molar-refractivity contribution is -0.140. The summed E-state index contributed by atoms with van der Waals surface area (Å²) in [6.45, 7) is 1.36. The first-order valence-electron chi connectivity index (χ1n) is 3.98. The quantitative estimate of drug-likeness (QED) is 0.460. The summed E-state index contributed by atoms with van der Waals surface area (Å²) < 4.78 is 4.90. The van der Waals surface area contributed by atoms with Gasteiger partial charge in [-0.25, -0.2) is 0 Å². The van der Waals surface area contributed by atoms with Gasteiger partial charge in [-0.05, 0) is 0 Å². The molecule has 2 rings (SSSR count). The maximum Gasteiger partial charge on any atom is 0.307 e. The summed E-state index contributed by atoms with van der Waals surface area (Å²) in [4.78, 5) is 23.3. The number of fused-ring (bicyclic) bond motifs is 1. The lowest BCUT2D eigenvalue weighted by Gasteiger charge is -2.40. The Labute approximate surface area is 79.9 Å². The highest BCUT2D eigenvalue weighted by Gasteiger charge is 2.38. The molecule has 1 saturated heterocycles. The van der Waals surface area contributed by atoms with Crippen LogP contribution < -0.4 is 0 Å². The molecule has 0 aromatic rings. The van der Waals surface area contributed by atoms with Crippen LogP contribution in [0.5, 0.6) is 0 Å². The third-order valence-corrected chi connectivity index (χ3v) is 3.15. The second-order valence-electron chi connectivity index (χ2n) is 2.96. The minimum absolute atomic E-state index is 0.0989. The van der Waals surface area contributed by atoms with Gasteiger partial charge in [0.25, 0.3) is 0 Å². The molecular weight excluding hydrogens is 190 g/mol. The Hall–Kier alpha value is -0.970. The highest BCUT2D eigenvalue weighted by atomic mass is 32.2. The van der Waals surface area contributed by atoms with Crippen LogP contribution in [0.15, 0.2) is 12.0 Å².